The van der Waals surface area contributed by atoms with E-state index in [0.717, 1.165) is 10.9 Å². The molecule has 1 atom stereocenters. The first-order valence-corrected chi connectivity index (χ1v) is 10.7. The van der Waals surface area contributed by atoms with E-state index in [1.165, 1.54) is 0 Å². The molecule has 0 radical (unpaired) electrons. The number of benzene rings is 3. The Labute approximate surface area is 191 Å². The van der Waals surface area contributed by atoms with E-state index in [-0.39, 0.29) is 18.2 Å². The summed E-state index contributed by atoms with van der Waals surface area (Å²) in [6, 6.07) is 22.9. The van der Waals surface area contributed by atoms with Crippen LogP contribution in [0.2, 0.25) is 0 Å². The van der Waals surface area contributed by atoms with Crippen LogP contribution in [0.15, 0.2) is 85.1 Å². The second-order valence-corrected chi connectivity index (χ2v) is 7.48. The predicted octanol–water partition coefficient (Wildman–Crippen LogP) is 5.31. The molecule has 33 heavy (non-hydrogen) atoms. The largest absolute Gasteiger partial charge is 0.482 e. The Hall–Kier alpha value is -4.19. The van der Waals surface area contributed by atoms with Gasteiger partial charge < -0.3 is 14.5 Å². The summed E-state index contributed by atoms with van der Waals surface area (Å²) in [6.07, 6.45) is 0.940. The van der Waals surface area contributed by atoms with Gasteiger partial charge in [-0.15, -0.1) is 0 Å². The summed E-state index contributed by atoms with van der Waals surface area (Å²) in [5.74, 6) is -0.540. The summed E-state index contributed by atoms with van der Waals surface area (Å²) in [4.78, 5) is 40.8. The number of carbonyl (C=O) groups excluding carboxylic acids is 3. The lowest BCUT2D eigenvalue weighted by atomic mass is 9.99. The Kier molecular flexibility index (Phi) is 6.64. The van der Waals surface area contributed by atoms with Crippen LogP contribution >= 0.6 is 0 Å². The van der Waals surface area contributed by atoms with E-state index in [2.05, 4.69) is 4.98 Å². The van der Waals surface area contributed by atoms with Gasteiger partial charge in [-0.05, 0) is 30.3 Å². The van der Waals surface area contributed by atoms with Crippen molar-refractivity contribution in [2.24, 2.45) is 0 Å². The molecule has 166 valence electrons. The van der Waals surface area contributed by atoms with Gasteiger partial charge in [0.15, 0.2) is 18.5 Å². The topological polar surface area (TPSA) is 85.5 Å². The lowest BCUT2D eigenvalue weighted by molar-refractivity contribution is -0.149. The van der Waals surface area contributed by atoms with E-state index in [4.69, 9.17) is 9.47 Å². The number of ketones is 2. The van der Waals surface area contributed by atoms with Gasteiger partial charge in [0.25, 0.3) is 0 Å². The predicted molar refractivity (Wildman–Crippen MR) is 124 cm³/mol. The van der Waals surface area contributed by atoms with Crippen LogP contribution in [-0.4, -0.2) is 29.1 Å². The van der Waals surface area contributed by atoms with Crippen molar-refractivity contribution in [2.75, 3.05) is 6.61 Å². The van der Waals surface area contributed by atoms with Crippen LogP contribution in [0.25, 0.3) is 10.9 Å². The first-order chi connectivity index (χ1) is 16.1. The summed E-state index contributed by atoms with van der Waals surface area (Å²) in [5, 5.41) is 0.762. The number of esters is 1. The standard InChI is InChI=1S/C27H23NO5/c1-2-24(29)18-12-14-20(15-13-18)32-17-25(30)33-27(19-8-4-3-5-9-19)26(31)22-16-28-23-11-7-6-10-21(22)23/h3-16,27-28H,2,17H2,1H3. The highest BCUT2D eigenvalue weighted by Crippen LogP contribution is 2.27. The molecule has 0 fully saturated rings. The number of nitrogens with one attached hydrogen (secondary N) is 1. The molecule has 4 rings (SSSR count). The molecule has 6 nitrogen and oxygen atoms in total. The fraction of sp³-hybridized carbons (Fsp3) is 0.148. The normalized spacial score (nSPS) is 11.7. The summed E-state index contributed by atoms with van der Waals surface area (Å²) in [7, 11) is 0. The molecule has 4 aromatic rings. The number of hydrogen-bond acceptors (Lipinski definition) is 5. The molecule has 0 amide bonds. The Morgan fingerprint density at radius 3 is 2.30 bits per heavy atom. The molecule has 1 unspecified atom stereocenters. The summed E-state index contributed by atoms with van der Waals surface area (Å²) in [5.41, 5.74) is 2.43. The molecule has 6 heteroatoms. The Morgan fingerprint density at radius 1 is 0.879 bits per heavy atom. The molecular weight excluding hydrogens is 418 g/mol. The Balaban J connectivity index is 1.49. The maximum absolute atomic E-state index is 13.4. The average molecular weight is 441 g/mol. The smallest absolute Gasteiger partial charge is 0.345 e. The van der Waals surface area contributed by atoms with Gasteiger partial charge in [-0.1, -0.05) is 55.5 Å². The van der Waals surface area contributed by atoms with Crippen molar-refractivity contribution in [3.63, 3.8) is 0 Å². The zero-order chi connectivity index (χ0) is 23.2. The van der Waals surface area contributed by atoms with E-state index >= 15 is 0 Å². The molecule has 0 aliphatic heterocycles. The Morgan fingerprint density at radius 2 is 1.58 bits per heavy atom. The van der Waals surface area contributed by atoms with Crippen molar-refractivity contribution in [1.29, 1.82) is 0 Å². The minimum Gasteiger partial charge on any atom is -0.482 e. The number of carbonyl (C=O) groups is 3. The first-order valence-electron chi connectivity index (χ1n) is 10.7. The lowest BCUT2D eigenvalue weighted by Crippen LogP contribution is -2.23. The van der Waals surface area contributed by atoms with Crippen LogP contribution in [0.4, 0.5) is 0 Å². The van der Waals surface area contributed by atoms with Crippen LogP contribution in [0, 0.1) is 0 Å². The lowest BCUT2D eigenvalue weighted by Gasteiger charge is -2.17. The second kappa shape index (κ2) is 9.96. The third-order valence-electron chi connectivity index (χ3n) is 5.30. The van der Waals surface area contributed by atoms with Gasteiger partial charge in [-0.2, -0.15) is 0 Å². The van der Waals surface area contributed by atoms with Crippen molar-refractivity contribution in [1.82, 2.24) is 4.98 Å². The quantitative estimate of drug-likeness (QED) is 0.281. The molecule has 1 N–H and O–H groups in total. The molecule has 0 saturated heterocycles. The van der Waals surface area contributed by atoms with Crippen molar-refractivity contribution in [3.05, 3.63) is 102 Å². The van der Waals surface area contributed by atoms with Gasteiger partial charge in [0.1, 0.15) is 5.75 Å². The van der Waals surface area contributed by atoms with Crippen LogP contribution in [-0.2, 0) is 9.53 Å². The maximum atomic E-state index is 13.4. The fourth-order valence-electron chi connectivity index (χ4n) is 3.57. The van der Waals surface area contributed by atoms with Crippen LogP contribution < -0.4 is 4.74 Å². The molecule has 0 aliphatic carbocycles. The number of Topliss-reactive ketones (excluding diaryl/α,β-unsaturated/α-hetero) is 2. The fourth-order valence-corrected chi connectivity index (χ4v) is 3.57. The van der Waals surface area contributed by atoms with Gasteiger partial charge in [0.05, 0.1) is 0 Å². The zero-order valence-corrected chi connectivity index (χ0v) is 18.1. The monoisotopic (exact) mass is 441 g/mol. The van der Waals surface area contributed by atoms with Crippen LogP contribution in [0.1, 0.15) is 45.7 Å². The molecule has 0 aliphatic rings. The number of para-hydroxylation sites is 1. The van der Waals surface area contributed by atoms with E-state index in [1.54, 1.807) is 61.7 Å². The highest BCUT2D eigenvalue weighted by atomic mass is 16.6. The Bertz CT molecular complexity index is 1270. The summed E-state index contributed by atoms with van der Waals surface area (Å²) >= 11 is 0. The maximum Gasteiger partial charge on any atom is 0.345 e. The number of rotatable bonds is 9. The minimum absolute atomic E-state index is 0.0301. The van der Waals surface area contributed by atoms with Crippen molar-refractivity contribution >= 4 is 28.4 Å². The molecule has 1 heterocycles. The minimum atomic E-state index is -1.11. The number of aromatic amines is 1. The van der Waals surface area contributed by atoms with Crippen LogP contribution in [0.5, 0.6) is 5.75 Å². The van der Waals surface area contributed by atoms with Crippen molar-refractivity contribution in [2.45, 2.75) is 19.4 Å². The number of fused-ring (bicyclic) bond motifs is 1. The van der Waals surface area contributed by atoms with E-state index in [9.17, 15) is 14.4 Å². The molecule has 0 saturated carbocycles. The number of ether oxygens (including phenoxy) is 2. The van der Waals surface area contributed by atoms with Crippen molar-refractivity contribution < 1.29 is 23.9 Å². The second-order valence-electron chi connectivity index (χ2n) is 7.48. The summed E-state index contributed by atoms with van der Waals surface area (Å²) in [6.45, 7) is 1.43. The van der Waals surface area contributed by atoms with Crippen LogP contribution in [0.3, 0.4) is 0 Å². The van der Waals surface area contributed by atoms with Gasteiger partial charge in [-0.25, -0.2) is 4.79 Å². The van der Waals surface area contributed by atoms with E-state index in [0.29, 0.717) is 28.9 Å². The number of hydrogen-bond donors (Lipinski definition) is 1. The van der Waals surface area contributed by atoms with E-state index < -0.39 is 12.1 Å². The summed E-state index contributed by atoms with van der Waals surface area (Å²) < 4.78 is 11.1. The van der Waals surface area contributed by atoms with E-state index in [1.807, 2.05) is 30.3 Å². The van der Waals surface area contributed by atoms with Gasteiger partial charge in [0.2, 0.25) is 5.78 Å². The molecule has 0 bridgehead atoms. The van der Waals surface area contributed by atoms with Gasteiger partial charge in [-0.3, -0.25) is 9.59 Å². The molecule has 3 aromatic carbocycles. The van der Waals surface area contributed by atoms with Gasteiger partial charge in [0, 0.05) is 40.2 Å². The highest BCUT2D eigenvalue weighted by Gasteiger charge is 2.28. The molecular formula is C27H23NO5. The van der Waals surface area contributed by atoms with Gasteiger partial charge >= 0.3 is 5.97 Å². The molecule has 0 spiro atoms. The number of H-pyrrole nitrogens is 1. The molecule has 1 aromatic heterocycles. The zero-order valence-electron chi connectivity index (χ0n) is 18.1. The third kappa shape index (κ3) is 5.01. The highest BCUT2D eigenvalue weighted by molar-refractivity contribution is 6.10. The number of aromatic nitrogens is 1. The third-order valence-corrected chi connectivity index (χ3v) is 5.30. The average Bonchev–Trinajstić information content (AvgIpc) is 3.30. The SMILES string of the molecule is CCC(=O)c1ccc(OCC(=O)OC(C(=O)c2c[nH]c3ccccc23)c2ccccc2)cc1. The van der Waals surface area contributed by atoms with Crippen molar-refractivity contribution in [3.8, 4) is 5.75 Å². The first kappa shape index (κ1) is 22.0.